The second-order valence-corrected chi connectivity index (χ2v) is 6.81. The largest absolute Gasteiger partial charge is 0.439 e. The molecule has 0 spiro atoms. The third-order valence-corrected chi connectivity index (χ3v) is 4.91. The van der Waals surface area contributed by atoms with Gasteiger partial charge < -0.3 is 15.4 Å². The van der Waals surface area contributed by atoms with Crippen LogP contribution in [0, 0.1) is 5.92 Å². The highest BCUT2D eigenvalue weighted by Gasteiger charge is 2.39. The molecule has 1 aliphatic heterocycles. The van der Waals surface area contributed by atoms with E-state index in [2.05, 4.69) is 15.6 Å². The molecule has 1 aromatic carbocycles. The third kappa shape index (κ3) is 3.23. The molecule has 24 heavy (non-hydrogen) atoms. The number of rotatable bonds is 4. The Morgan fingerprint density at radius 1 is 1.21 bits per heavy atom. The topological polar surface area (TPSA) is 63.2 Å². The fourth-order valence-corrected chi connectivity index (χ4v) is 3.59. The minimum Gasteiger partial charge on any atom is -0.439 e. The number of fused-ring (bicyclic) bond motifs is 2. The second kappa shape index (κ2) is 6.42. The Bertz CT molecular complexity index is 733. The van der Waals surface area contributed by atoms with E-state index in [0.29, 0.717) is 34.2 Å². The number of hydrogen-bond donors (Lipinski definition) is 2. The van der Waals surface area contributed by atoms with Crippen LogP contribution in [-0.4, -0.2) is 29.5 Å². The molecule has 5 nitrogen and oxygen atoms in total. The van der Waals surface area contributed by atoms with E-state index in [-0.39, 0.29) is 11.9 Å². The maximum atomic E-state index is 12.4. The molecule has 3 atom stereocenters. The van der Waals surface area contributed by atoms with Gasteiger partial charge in [0.25, 0.3) is 5.91 Å². The van der Waals surface area contributed by atoms with Crippen molar-refractivity contribution in [3.63, 3.8) is 0 Å². The highest BCUT2D eigenvalue weighted by molar-refractivity contribution is 6.30. The van der Waals surface area contributed by atoms with Crippen molar-refractivity contribution in [2.24, 2.45) is 5.92 Å². The van der Waals surface area contributed by atoms with Crippen molar-refractivity contribution in [2.75, 3.05) is 6.54 Å². The van der Waals surface area contributed by atoms with Gasteiger partial charge in [-0.2, -0.15) is 0 Å². The van der Waals surface area contributed by atoms with E-state index in [9.17, 15) is 4.79 Å². The van der Waals surface area contributed by atoms with Crippen molar-refractivity contribution in [2.45, 2.75) is 24.9 Å². The van der Waals surface area contributed by atoms with Crippen molar-refractivity contribution < 1.29 is 9.53 Å². The van der Waals surface area contributed by atoms with E-state index in [4.69, 9.17) is 16.3 Å². The quantitative estimate of drug-likeness (QED) is 0.895. The number of carbonyl (C=O) groups excluding carboxylic acids is 1. The van der Waals surface area contributed by atoms with Crippen molar-refractivity contribution in [3.8, 4) is 11.6 Å². The van der Waals surface area contributed by atoms with Gasteiger partial charge in [-0.05, 0) is 55.6 Å². The van der Waals surface area contributed by atoms with E-state index in [1.807, 2.05) is 0 Å². The van der Waals surface area contributed by atoms with Crippen LogP contribution in [0.3, 0.4) is 0 Å². The van der Waals surface area contributed by atoms with Gasteiger partial charge in [-0.3, -0.25) is 4.79 Å². The Morgan fingerprint density at radius 3 is 2.67 bits per heavy atom. The predicted molar refractivity (Wildman–Crippen MR) is 91.5 cm³/mol. The van der Waals surface area contributed by atoms with Crippen LogP contribution < -0.4 is 15.4 Å². The Hall–Kier alpha value is -2.11. The zero-order chi connectivity index (χ0) is 16.5. The lowest BCUT2D eigenvalue weighted by Gasteiger charge is -2.24. The molecule has 2 aromatic rings. The molecule has 1 amide bonds. The summed E-state index contributed by atoms with van der Waals surface area (Å²) < 4.78 is 5.63. The first-order valence-corrected chi connectivity index (χ1v) is 8.49. The normalized spacial score (nSPS) is 24.8. The van der Waals surface area contributed by atoms with E-state index in [1.165, 1.54) is 12.6 Å². The smallest absolute Gasteiger partial charge is 0.251 e. The number of hydrogen-bond acceptors (Lipinski definition) is 4. The molecule has 1 saturated carbocycles. The average molecular weight is 344 g/mol. The molecule has 4 rings (SSSR count). The van der Waals surface area contributed by atoms with Crippen molar-refractivity contribution >= 4 is 17.5 Å². The first-order chi connectivity index (χ1) is 11.7. The number of aromatic nitrogens is 1. The number of halogens is 1. The predicted octanol–water partition coefficient (Wildman–Crippen LogP) is 3.01. The van der Waals surface area contributed by atoms with Gasteiger partial charge in [-0.25, -0.2) is 4.98 Å². The van der Waals surface area contributed by atoms with Gasteiger partial charge in [0.1, 0.15) is 5.75 Å². The molecular weight excluding hydrogens is 326 g/mol. The van der Waals surface area contributed by atoms with Crippen molar-refractivity contribution in [1.29, 1.82) is 0 Å². The summed E-state index contributed by atoms with van der Waals surface area (Å²) in [7, 11) is 0. The number of pyridine rings is 1. The molecule has 1 aliphatic carbocycles. The number of piperidine rings is 1. The summed E-state index contributed by atoms with van der Waals surface area (Å²) >= 11 is 5.80. The van der Waals surface area contributed by atoms with Gasteiger partial charge in [-0.15, -0.1) is 0 Å². The minimum absolute atomic E-state index is 0.0366. The molecule has 2 aliphatic rings. The molecule has 124 valence electrons. The van der Waals surface area contributed by atoms with Crippen LogP contribution in [0.15, 0.2) is 42.6 Å². The summed E-state index contributed by atoms with van der Waals surface area (Å²) in [5.41, 5.74) is 0.634. The lowest BCUT2D eigenvalue weighted by molar-refractivity contribution is 0.0928. The Labute approximate surface area is 145 Å². The Morgan fingerprint density at radius 2 is 2.04 bits per heavy atom. The van der Waals surface area contributed by atoms with Crippen LogP contribution in [0.5, 0.6) is 11.6 Å². The lowest BCUT2D eigenvalue weighted by atomic mass is 10.1. The number of carbonyl (C=O) groups is 1. The molecule has 3 unspecified atom stereocenters. The second-order valence-electron chi connectivity index (χ2n) is 6.37. The number of amides is 1. The zero-order valence-corrected chi connectivity index (χ0v) is 13.8. The molecule has 1 saturated heterocycles. The minimum atomic E-state index is -0.0366. The van der Waals surface area contributed by atoms with E-state index in [1.54, 1.807) is 36.4 Å². The highest BCUT2D eigenvalue weighted by atomic mass is 35.5. The maximum absolute atomic E-state index is 12.4. The monoisotopic (exact) mass is 343 g/mol. The summed E-state index contributed by atoms with van der Waals surface area (Å²) in [6.07, 6.45) is 3.78. The maximum Gasteiger partial charge on any atom is 0.251 e. The first-order valence-electron chi connectivity index (χ1n) is 8.11. The third-order valence-electron chi connectivity index (χ3n) is 4.68. The van der Waals surface area contributed by atoms with Gasteiger partial charge in [0.15, 0.2) is 0 Å². The number of ether oxygens (including phenoxy) is 1. The fourth-order valence-electron chi connectivity index (χ4n) is 3.48. The van der Waals surface area contributed by atoms with Gasteiger partial charge in [-0.1, -0.05) is 11.6 Å². The summed E-state index contributed by atoms with van der Waals surface area (Å²) in [6, 6.07) is 11.2. The summed E-state index contributed by atoms with van der Waals surface area (Å²) in [6.45, 7) is 1.09. The van der Waals surface area contributed by atoms with E-state index < -0.39 is 0 Å². The number of benzene rings is 1. The zero-order valence-electron chi connectivity index (χ0n) is 13.0. The molecule has 6 heteroatoms. The van der Waals surface area contributed by atoms with Crippen LogP contribution in [0.1, 0.15) is 23.2 Å². The van der Waals surface area contributed by atoms with Crippen LogP contribution in [0.25, 0.3) is 0 Å². The summed E-state index contributed by atoms with van der Waals surface area (Å²) in [5.74, 6) is 1.76. The van der Waals surface area contributed by atoms with Crippen LogP contribution in [0.2, 0.25) is 5.02 Å². The molecule has 2 N–H and O–H groups in total. The molecular formula is C18H18ClN3O2. The van der Waals surface area contributed by atoms with Gasteiger partial charge in [0.2, 0.25) is 5.88 Å². The number of nitrogens with zero attached hydrogens (tertiary/aromatic N) is 1. The molecule has 0 radical (unpaired) electrons. The van der Waals surface area contributed by atoms with Gasteiger partial charge in [0, 0.05) is 29.9 Å². The Kier molecular flexibility index (Phi) is 4.12. The van der Waals surface area contributed by atoms with Crippen LogP contribution in [0.4, 0.5) is 0 Å². The highest BCUT2D eigenvalue weighted by Crippen LogP contribution is 2.31. The van der Waals surface area contributed by atoms with Crippen LogP contribution in [-0.2, 0) is 0 Å². The van der Waals surface area contributed by atoms with E-state index >= 15 is 0 Å². The van der Waals surface area contributed by atoms with E-state index in [0.717, 1.165) is 13.0 Å². The van der Waals surface area contributed by atoms with Crippen LogP contribution >= 0.6 is 11.6 Å². The van der Waals surface area contributed by atoms with Crippen molar-refractivity contribution in [1.82, 2.24) is 15.6 Å². The standard InChI is InChI=1S/C18H18ClN3O2/c19-13-3-6-17(21-10-13)24-14-4-1-12(2-5-14)18(23)22-16-8-11-7-15(16)20-9-11/h1-6,10-11,15-16,20H,7-9H2,(H,22,23). The number of nitrogens with one attached hydrogen (secondary N) is 2. The molecule has 2 bridgehead atoms. The lowest BCUT2D eigenvalue weighted by Crippen LogP contribution is -2.47. The SMILES string of the molecule is O=C(NC1CC2CNC1C2)c1ccc(Oc2ccc(Cl)cn2)cc1. The summed E-state index contributed by atoms with van der Waals surface area (Å²) in [5, 5.41) is 7.14. The average Bonchev–Trinajstić information content (AvgIpc) is 3.20. The fraction of sp³-hybridized carbons (Fsp3) is 0.333. The first kappa shape index (κ1) is 15.4. The molecule has 1 aromatic heterocycles. The van der Waals surface area contributed by atoms with Gasteiger partial charge >= 0.3 is 0 Å². The molecule has 2 heterocycles. The Balaban J connectivity index is 1.38. The summed E-state index contributed by atoms with van der Waals surface area (Å²) in [4.78, 5) is 16.5. The van der Waals surface area contributed by atoms with Crippen molar-refractivity contribution in [3.05, 3.63) is 53.2 Å². The molecule has 2 fully saturated rings. The van der Waals surface area contributed by atoms with Gasteiger partial charge in [0.05, 0.1) is 5.02 Å².